The van der Waals surface area contributed by atoms with E-state index in [0.29, 0.717) is 13.2 Å². The van der Waals surface area contributed by atoms with Gasteiger partial charge < -0.3 is 20.1 Å². The molecular weight excluding hydrogens is 233 g/mol. The fourth-order valence-corrected chi connectivity index (χ4v) is 1.69. The van der Waals surface area contributed by atoms with E-state index in [-0.39, 0.29) is 6.54 Å². The van der Waals surface area contributed by atoms with Crippen molar-refractivity contribution in [1.82, 2.24) is 5.32 Å². The van der Waals surface area contributed by atoms with E-state index in [1.165, 1.54) is 0 Å². The monoisotopic (exact) mass is 251 g/mol. The number of hydrogen-bond donors (Lipinski definition) is 3. The highest BCUT2D eigenvalue weighted by Crippen LogP contribution is 2.11. The van der Waals surface area contributed by atoms with Crippen LogP contribution in [0.3, 0.4) is 0 Å². The highest BCUT2D eigenvalue weighted by atomic mass is 16.5. The molecule has 98 valence electrons. The minimum Gasteiger partial charge on any atom is -0.480 e. The molecule has 0 atom stereocenters. The molecule has 0 spiro atoms. The van der Waals surface area contributed by atoms with E-state index in [2.05, 4.69) is 5.32 Å². The summed E-state index contributed by atoms with van der Waals surface area (Å²) in [5.41, 5.74) is 2.69. The number of carbonyl (C=O) groups is 1. The Labute approximate surface area is 107 Å². The van der Waals surface area contributed by atoms with Gasteiger partial charge in [-0.25, -0.2) is 0 Å². The van der Waals surface area contributed by atoms with Gasteiger partial charge in [0.25, 0.3) is 0 Å². The SMILES string of the molecule is CC.O=C(O)CNCc1ccc2c(c1)B(O)OC2. The number of hydrogen-bond acceptors (Lipinski definition) is 4. The van der Waals surface area contributed by atoms with E-state index in [9.17, 15) is 9.82 Å². The van der Waals surface area contributed by atoms with Crippen LogP contribution in [-0.4, -0.2) is 29.8 Å². The van der Waals surface area contributed by atoms with Crippen molar-refractivity contribution in [3.8, 4) is 0 Å². The summed E-state index contributed by atoms with van der Waals surface area (Å²) in [7, 11) is -0.852. The third kappa shape index (κ3) is 3.84. The van der Waals surface area contributed by atoms with Crippen molar-refractivity contribution in [2.75, 3.05) is 6.54 Å². The molecule has 0 radical (unpaired) electrons. The van der Waals surface area contributed by atoms with Crippen LogP contribution >= 0.6 is 0 Å². The van der Waals surface area contributed by atoms with Gasteiger partial charge in [-0.1, -0.05) is 32.0 Å². The van der Waals surface area contributed by atoms with Gasteiger partial charge in [-0.15, -0.1) is 0 Å². The standard InChI is InChI=1S/C10H12BNO4.C2H6/c13-10(14)5-12-4-7-1-2-8-6-16-11(15)9(8)3-7;1-2/h1-3,12,15H,4-6H2,(H,13,14);1-2H3. The maximum atomic E-state index is 10.3. The van der Waals surface area contributed by atoms with Crippen LogP contribution in [0.5, 0.6) is 0 Å². The first-order valence-electron chi connectivity index (χ1n) is 6.00. The predicted molar refractivity (Wildman–Crippen MR) is 69.5 cm³/mol. The van der Waals surface area contributed by atoms with E-state index < -0.39 is 13.1 Å². The highest BCUT2D eigenvalue weighted by molar-refractivity contribution is 6.61. The van der Waals surface area contributed by atoms with Crippen molar-refractivity contribution >= 4 is 18.6 Å². The molecule has 0 aliphatic carbocycles. The van der Waals surface area contributed by atoms with Crippen LogP contribution < -0.4 is 10.8 Å². The fourth-order valence-electron chi connectivity index (χ4n) is 1.69. The molecule has 5 nitrogen and oxygen atoms in total. The summed E-state index contributed by atoms with van der Waals surface area (Å²) in [4.78, 5) is 10.3. The summed E-state index contributed by atoms with van der Waals surface area (Å²) in [5.74, 6) is -0.885. The van der Waals surface area contributed by atoms with Crippen molar-refractivity contribution in [3.05, 3.63) is 29.3 Å². The van der Waals surface area contributed by atoms with Gasteiger partial charge in [0.2, 0.25) is 0 Å². The number of rotatable bonds is 4. The number of aliphatic carboxylic acids is 1. The van der Waals surface area contributed by atoms with Crippen molar-refractivity contribution in [3.63, 3.8) is 0 Å². The van der Waals surface area contributed by atoms with Gasteiger partial charge in [0, 0.05) is 6.54 Å². The molecule has 0 unspecified atom stereocenters. The zero-order valence-corrected chi connectivity index (χ0v) is 10.6. The topological polar surface area (TPSA) is 78.8 Å². The molecule has 1 aliphatic rings. The Morgan fingerprint density at radius 3 is 2.89 bits per heavy atom. The highest BCUT2D eigenvalue weighted by Gasteiger charge is 2.26. The van der Waals surface area contributed by atoms with Gasteiger partial charge in [-0.2, -0.15) is 0 Å². The summed E-state index contributed by atoms with van der Waals surface area (Å²) in [5, 5.41) is 20.7. The summed E-state index contributed by atoms with van der Waals surface area (Å²) in [6.07, 6.45) is 0. The van der Waals surface area contributed by atoms with Gasteiger partial charge in [0.05, 0.1) is 13.2 Å². The average Bonchev–Trinajstić information content (AvgIpc) is 2.73. The molecular formula is C12H18BNO4. The Bertz CT molecular complexity index is 411. The van der Waals surface area contributed by atoms with Gasteiger partial charge >= 0.3 is 13.1 Å². The van der Waals surface area contributed by atoms with Crippen molar-refractivity contribution in [2.45, 2.75) is 27.0 Å². The molecule has 2 rings (SSSR count). The largest absolute Gasteiger partial charge is 0.491 e. The first-order valence-corrected chi connectivity index (χ1v) is 6.00. The van der Waals surface area contributed by atoms with Crippen LogP contribution in [-0.2, 0) is 22.6 Å². The Balaban J connectivity index is 0.000000771. The molecule has 0 fully saturated rings. The zero-order valence-electron chi connectivity index (χ0n) is 10.6. The second-order valence-corrected chi connectivity index (χ2v) is 3.69. The minimum atomic E-state index is -0.885. The third-order valence-electron chi connectivity index (χ3n) is 2.48. The number of carboxylic acid groups (broad SMARTS) is 1. The predicted octanol–water partition coefficient (Wildman–Crippen LogP) is 0.105. The summed E-state index contributed by atoms with van der Waals surface area (Å²) in [6.45, 7) is 4.82. The number of carboxylic acids is 1. The van der Waals surface area contributed by atoms with Crippen molar-refractivity contribution in [1.29, 1.82) is 0 Å². The van der Waals surface area contributed by atoms with Gasteiger partial charge in [-0.3, -0.25) is 4.79 Å². The number of benzene rings is 1. The second-order valence-electron chi connectivity index (χ2n) is 3.69. The maximum absolute atomic E-state index is 10.3. The lowest BCUT2D eigenvalue weighted by atomic mass is 9.79. The van der Waals surface area contributed by atoms with Crippen LogP contribution in [0.2, 0.25) is 0 Å². The van der Waals surface area contributed by atoms with Crippen LogP contribution in [0.4, 0.5) is 0 Å². The van der Waals surface area contributed by atoms with E-state index in [0.717, 1.165) is 16.6 Å². The second kappa shape index (κ2) is 7.15. The molecule has 1 aliphatic heterocycles. The first-order chi connectivity index (χ1) is 8.66. The molecule has 1 aromatic carbocycles. The van der Waals surface area contributed by atoms with Crippen LogP contribution in [0, 0.1) is 0 Å². The maximum Gasteiger partial charge on any atom is 0.491 e. The molecule has 0 bridgehead atoms. The van der Waals surface area contributed by atoms with E-state index in [4.69, 9.17) is 9.76 Å². The Kier molecular flexibility index (Phi) is 5.84. The molecule has 1 aromatic rings. The van der Waals surface area contributed by atoms with Crippen molar-refractivity contribution < 1.29 is 19.6 Å². The van der Waals surface area contributed by atoms with Crippen LogP contribution in [0.25, 0.3) is 0 Å². The van der Waals surface area contributed by atoms with E-state index in [1.807, 2.05) is 32.0 Å². The van der Waals surface area contributed by atoms with E-state index in [1.54, 1.807) is 0 Å². The van der Waals surface area contributed by atoms with Crippen LogP contribution in [0.1, 0.15) is 25.0 Å². The molecule has 0 saturated carbocycles. The average molecular weight is 251 g/mol. The van der Waals surface area contributed by atoms with Gasteiger partial charge in [0.1, 0.15) is 0 Å². The molecule has 18 heavy (non-hydrogen) atoms. The lowest BCUT2D eigenvalue weighted by Crippen LogP contribution is -2.29. The van der Waals surface area contributed by atoms with Crippen LogP contribution in [0.15, 0.2) is 18.2 Å². The lowest BCUT2D eigenvalue weighted by Gasteiger charge is -2.05. The Morgan fingerprint density at radius 1 is 1.50 bits per heavy atom. The van der Waals surface area contributed by atoms with E-state index >= 15 is 0 Å². The summed E-state index contributed by atoms with van der Waals surface area (Å²) in [6, 6.07) is 5.63. The van der Waals surface area contributed by atoms with Gasteiger partial charge in [0.15, 0.2) is 0 Å². The number of fused-ring (bicyclic) bond motifs is 1. The molecule has 0 aromatic heterocycles. The molecule has 0 saturated heterocycles. The summed E-state index contributed by atoms with van der Waals surface area (Å²) < 4.78 is 5.06. The zero-order chi connectivity index (χ0) is 13.5. The number of nitrogens with one attached hydrogen (secondary N) is 1. The first kappa shape index (κ1) is 14.7. The molecule has 6 heteroatoms. The summed E-state index contributed by atoms with van der Waals surface area (Å²) >= 11 is 0. The normalized spacial score (nSPS) is 12.7. The lowest BCUT2D eigenvalue weighted by molar-refractivity contribution is -0.135. The smallest absolute Gasteiger partial charge is 0.480 e. The molecule has 0 amide bonds. The Hall–Kier alpha value is -1.37. The van der Waals surface area contributed by atoms with Gasteiger partial charge in [-0.05, 0) is 16.6 Å². The third-order valence-corrected chi connectivity index (χ3v) is 2.48. The Morgan fingerprint density at radius 2 is 2.22 bits per heavy atom. The minimum absolute atomic E-state index is 0.0733. The quantitative estimate of drug-likeness (QED) is 0.662. The molecule has 1 heterocycles. The fraction of sp³-hybridized carbons (Fsp3) is 0.417. The van der Waals surface area contributed by atoms with Crippen molar-refractivity contribution in [2.24, 2.45) is 0 Å². The molecule has 3 N–H and O–H groups in total.